The van der Waals surface area contributed by atoms with Gasteiger partial charge in [-0.15, -0.1) is 6.42 Å². The van der Waals surface area contributed by atoms with Crippen molar-refractivity contribution >= 4 is 20.9 Å². The van der Waals surface area contributed by atoms with E-state index in [0.717, 1.165) is 16.5 Å². The Morgan fingerprint density at radius 1 is 1.19 bits per heavy atom. The summed E-state index contributed by atoms with van der Waals surface area (Å²) < 4.78 is 32.5. The van der Waals surface area contributed by atoms with E-state index in [4.69, 9.17) is 16.3 Å². The van der Waals surface area contributed by atoms with Crippen molar-refractivity contribution in [2.24, 2.45) is 0 Å². The molecule has 0 aliphatic carbocycles. The van der Waals surface area contributed by atoms with Gasteiger partial charge in [-0.05, 0) is 42.8 Å². The molecule has 0 saturated heterocycles. The molecule has 0 unspecified atom stereocenters. The molecule has 3 rings (SSSR count). The second-order valence-corrected chi connectivity index (χ2v) is 7.70. The molecule has 1 heterocycles. The van der Waals surface area contributed by atoms with E-state index >= 15 is 0 Å². The van der Waals surface area contributed by atoms with Crippen molar-refractivity contribution in [3.05, 3.63) is 65.9 Å². The Kier molecular flexibility index (Phi) is 5.14. The second-order valence-electron chi connectivity index (χ2n) is 5.89. The normalized spacial score (nSPS) is 12.8. The van der Waals surface area contributed by atoms with Crippen molar-refractivity contribution in [3.63, 3.8) is 0 Å². The Morgan fingerprint density at radius 2 is 1.92 bits per heavy atom. The quantitative estimate of drug-likeness (QED) is 0.679. The first kappa shape index (κ1) is 18.2. The minimum absolute atomic E-state index is 0.119. The fourth-order valence-electron chi connectivity index (χ4n) is 2.74. The van der Waals surface area contributed by atoms with Crippen LogP contribution in [0.4, 0.5) is 0 Å². The van der Waals surface area contributed by atoms with Crippen LogP contribution in [0.5, 0.6) is 0 Å². The van der Waals surface area contributed by atoms with Crippen LogP contribution < -0.4 is 0 Å². The third-order valence-corrected chi connectivity index (χ3v) is 5.79. The van der Waals surface area contributed by atoms with Crippen molar-refractivity contribution < 1.29 is 18.3 Å². The summed E-state index contributed by atoms with van der Waals surface area (Å²) in [7, 11) is -3.68. The third kappa shape index (κ3) is 3.37. The number of aliphatic hydroxyl groups excluding tert-OH is 1. The molecule has 3 aromatic rings. The molecule has 0 bridgehead atoms. The fraction of sp³-hybridized carbons (Fsp3) is 0.200. The van der Waals surface area contributed by atoms with Crippen molar-refractivity contribution in [1.29, 1.82) is 0 Å². The van der Waals surface area contributed by atoms with Gasteiger partial charge in [-0.2, -0.15) is 0 Å². The highest BCUT2D eigenvalue weighted by Gasteiger charge is 2.19. The lowest BCUT2D eigenvalue weighted by Crippen LogP contribution is -2.12. The Balaban J connectivity index is 2.02. The van der Waals surface area contributed by atoms with Crippen LogP contribution in [0.15, 0.2) is 59.6 Å². The zero-order chi connectivity index (χ0) is 18.7. The van der Waals surface area contributed by atoms with E-state index in [9.17, 15) is 8.42 Å². The molecule has 0 amide bonds. The van der Waals surface area contributed by atoms with Gasteiger partial charge >= 0.3 is 0 Å². The van der Waals surface area contributed by atoms with E-state index < -0.39 is 16.1 Å². The van der Waals surface area contributed by atoms with Gasteiger partial charge in [-0.25, -0.2) is 12.4 Å². The lowest BCUT2D eigenvalue weighted by molar-refractivity contribution is 0.0593. The maximum absolute atomic E-state index is 12.9. The van der Waals surface area contributed by atoms with Crippen molar-refractivity contribution in [3.8, 4) is 12.3 Å². The Hall–Kier alpha value is -2.59. The lowest BCUT2D eigenvalue weighted by atomic mass is 10.1. The molecule has 1 aromatic heterocycles. The smallest absolute Gasteiger partial charge is 0.268 e. The van der Waals surface area contributed by atoms with Crippen LogP contribution in [0.3, 0.4) is 0 Å². The summed E-state index contributed by atoms with van der Waals surface area (Å²) in [6.07, 6.45) is 6.43. The van der Waals surface area contributed by atoms with Crippen molar-refractivity contribution in [1.82, 2.24) is 3.97 Å². The average molecular weight is 369 g/mol. The summed E-state index contributed by atoms with van der Waals surface area (Å²) in [6.45, 7) is 1.92. The van der Waals surface area contributed by atoms with Crippen LogP contribution in [0.2, 0.25) is 0 Å². The topological polar surface area (TPSA) is 68.5 Å². The standard InChI is InChI=1S/C20H19NO4S/c1-3-20(25-13-12-22)17-6-9-19-16(14-17)10-11-21(19)26(23,24)18-7-4-15(2)5-8-18/h1,4-11,14,20,22H,12-13H2,2H3/t20-/m1/s1. The summed E-state index contributed by atoms with van der Waals surface area (Å²) in [6, 6.07) is 13.7. The number of benzene rings is 2. The number of rotatable bonds is 6. The molecule has 0 aliphatic rings. The van der Waals surface area contributed by atoms with Crippen LogP contribution in [0.1, 0.15) is 17.2 Å². The van der Waals surface area contributed by atoms with Gasteiger partial charge in [-0.1, -0.05) is 29.7 Å². The van der Waals surface area contributed by atoms with E-state index in [1.54, 1.807) is 48.5 Å². The lowest BCUT2D eigenvalue weighted by Gasteiger charge is -2.12. The van der Waals surface area contributed by atoms with E-state index in [1.165, 1.54) is 10.2 Å². The number of nitrogens with zero attached hydrogens (tertiary/aromatic N) is 1. The molecular weight excluding hydrogens is 350 g/mol. The van der Waals surface area contributed by atoms with E-state index in [-0.39, 0.29) is 18.1 Å². The SMILES string of the molecule is C#C[C@@H](OCCO)c1ccc2c(ccn2S(=O)(=O)c2ccc(C)cc2)c1. The van der Waals surface area contributed by atoms with Gasteiger partial charge in [0, 0.05) is 11.6 Å². The summed E-state index contributed by atoms with van der Waals surface area (Å²) in [5.41, 5.74) is 2.29. The van der Waals surface area contributed by atoms with Crippen molar-refractivity contribution in [2.45, 2.75) is 17.9 Å². The second kappa shape index (κ2) is 7.34. The molecule has 5 nitrogen and oxygen atoms in total. The Bertz CT molecular complexity index is 1060. The first-order valence-corrected chi connectivity index (χ1v) is 9.53. The molecule has 1 atom stereocenters. The number of aliphatic hydroxyl groups is 1. The van der Waals surface area contributed by atoms with Gasteiger partial charge in [0.15, 0.2) is 0 Å². The number of ether oxygens (including phenoxy) is 1. The monoisotopic (exact) mass is 369 g/mol. The average Bonchev–Trinajstić information content (AvgIpc) is 3.07. The molecule has 0 radical (unpaired) electrons. The highest BCUT2D eigenvalue weighted by Crippen LogP contribution is 2.26. The predicted octanol–water partition coefficient (Wildman–Crippen LogP) is 2.87. The number of aryl methyl sites for hydroxylation is 1. The molecule has 2 aromatic carbocycles. The van der Waals surface area contributed by atoms with Gasteiger partial charge in [0.25, 0.3) is 10.0 Å². The first-order valence-electron chi connectivity index (χ1n) is 8.09. The van der Waals surface area contributed by atoms with E-state index in [1.807, 2.05) is 6.92 Å². The third-order valence-electron chi connectivity index (χ3n) is 4.09. The van der Waals surface area contributed by atoms with E-state index in [2.05, 4.69) is 5.92 Å². The van der Waals surface area contributed by atoms with Gasteiger partial charge in [0.05, 0.1) is 23.6 Å². The van der Waals surface area contributed by atoms with Gasteiger partial charge in [0.2, 0.25) is 0 Å². The first-order chi connectivity index (χ1) is 12.5. The summed E-state index contributed by atoms with van der Waals surface area (Å²) in [4.78, 5) is 0.234. The van der Waals surface area contributed by atoms with Crippen LogP contribution in [0.25, 0.3) is 10.9 Å². The highest BCUT2D eigenvalue weighted by molar-refractivity contribution is 7.90. The molecule has 6 heteroatoms. The number of terminal acetylenes is 1. The Morgan fingerprint density at radius 3 is 2.58 bits per heavy atom. The van der Waals surface area contributed by atoms with Crippen LogP contribution in [0, 0.1) is 19.3 Å². The maximum atomic E-state index is 12.9. The summed E-state index contributed by atoms with van der Waals surface area (Å²) in [5.74, 6) is 2.53. The van der Waals surface area contributed by atoms with Crippen LogP contribution in [-0.4, -0.2) is 30.7 Å². The largest absolute Gasteiger partial charge is 0.394 e. The zero-order valence-electron chi connectivity index (χ0n) is 14.3. The molecule has 1 N–H and O–H groups in total. The number of fused-ring (bicyclic) bond motifs is 1. The van der Waals surface area contributed by atoms with Crippen LogP contribution in [-0.2, 0) is 14.8 Å². The molecular formula is C20H19NO4S. The Labute approximate surface area is 152 Å². The molecule has 0 saturated carbocycles. The fourth-order valence-corrected chi connectivity index (χ4v) is 4.10. The highest BCUT2D eigenvalue weighted by atomic mass is 32.2. The minimum Gasteiger partial charge on any atom is -0.394 e. The van der Waals surface area contributed by atoms with Gasteiger partial charge < -0.3 is 9.84 Å². The molecule has 0 fully saturated rings. The maximum Gasteiger partial charge on any atom is 0.268 e. The van der Waals surface area contributed by atoms with Gasteiger partial charge in [0.1, 0.15) is 6.10 Å². The minimum atomic E-state index is -3.68. The molecule has 0 spiro atoms. The summed E-state index contributed by atoms with van der Waals surface area (Å²) in [5, 5.41) is 9.63. The van der Waals surface area contributed by atoms with Crippen molar-refractivity contribution in [2.75, 3.05) is 13.2 Å². The van der Waals surface area contributed by atoms with Crippen LogP contribution >= 0.6 is 0 Å². The molecule has 134 valence electrons. The zero-order valence-corrected chi connectivity index (χ0v) is 15.1. The van der Waals surface area contributed by atoms with E-state index in [0.29, 0.717) is 5.52 Å². The number of aromatic nitrogens is 1. The number of hydrogen-bond acceptors (Lipinski definition) is 4. The number of hydrogen-bond donors (Lipinski definition) is 1. The molecule has 26 heavy (non-hydrogen) atoms. The van der Waals surface area contributed by atoms with Gasteiger partial charge in [-0.3, -0.25) is 0 Å². The molecule has 0 aliphatic heterocycles. The summed E-state index contributed by atoms with van der Waals surface area (Å²) >= 11 is 0. The predicted molar refractivity (Wildman–Crippen MR) is 100 cm³/mol.